The molecule has 5 heteroatoms. The lowest BCUT2D eigenvalue weighted by molar-refractivity contribution is 0.1000. The highest BCUT2D eigenvalue weighted by atomic mass is 16.1. The number of hydrogen-bond acceptors (Lipinski definition) is 4. The zero-order valence-electron chi connectivity index (χ0n) is 11.6. The minimum Gasteiger partial charge on any atom is -0.384 e. The van der Waals surface area contributed by atoms with Crippen LogP contribution in [0.15, 0.2) is 6.07 Å². The van der Waals surface area contributed by atoms with Gasteiger partial charge in [0.05, 0.1) is 16.9 Å². The van der Waals surface area contributed by atoms with E-state index in [2.05, 4.69) is 15.6 Å². The van der Waals surface area contributed by atoms with E-state index in [1.807, 2.05) is 19.9 Å². The van der Waals surface area contributed by atoms with Gasteiger partial charge < -0.3 is 16.4 Å². The highest BCUT2D eigenvalue weighted by Crippen LogP contribution is 2.19. The molecule has 1 aromatic heterocycles. The molecule has 2 rings (SSSR count). The fraction of sp³-hybridized carbons (Fsp3) is 0.571. The predicted molar refractivity (Wildman–Crippen MR) is 76.4 cm³/mol. The van der Waals surface area contributed by atoms with Gasteiger partial charge in [0.15, 0.2) is 0 Å². The maximum absolute atomic E-state index is 11.5. The summed E-state index contributed by atoms with van der Waals surface area (Å²) in [6.07, 6.45) is 3.54. The van der Waals surface area contributed by atoms with Crippen LogP contribution in [0, 0.1) is 13.8 Å². The SMILES string of the molecule is Cc1cc(NCCC2CCCN2)c(C(N)=O)c(C)n1. The molecule has 104 valence electrons. The Morgan fingerprint density at radius 2 is 2.37 bits per heavy atom. The molecule has 1 amide bonds. The third-order valence-corrected chi connectivity index (χ3v) is 3.55. The van der Waals surface area contributed by atoms with Gasteiger partial charge in [-0.3, -0.25) is 9.78 Å². The van der Waals surface area contributed by atoms with E-state index in [0.29, 0.717) is 17.3 Å². The summed E-state index contributed by atoms with van der Waals surface area (Å²) in [5.41, 5.74) is 8.32. The summed E-state index contributed by atoms with van der Waals surface area (Å²) in [6, 6.07) is 2.48. The van der Waals surface area contributed by atoms with Crippen molar-refractivity contribution >= 4 is 11.6 Å². The van der Waals surface area contributed by atoms with Crippen LogP contribution < -0.4 is 16.4 Å². The molecule has 5 nitrogen and oxygen atoms in total. The summed E-state index contributed by atoms with van der Waals surface area (Å²) < 4.78 is 0. The minimum absolute atomic E-state index is 0.425. The van der Waals surface area contributed by atoms with Crippen LogP contribution in [0.3, 0.4) is 0 Å². The number of carbonyl (C=O) groups excluding carboxylic acids is 1. The number of hydrogen-bond donors (Lipinski definition) is 3. The summed E-state index contributed by atoms with van der Waals surface area (Å²) in [7, 11) is 0. The molecule has 0 saturated carbocycles. The monoisotopic (exact) mass is 262 g/mol. The van der Waals surface area contributed by atoms with Crippen LogP contribution in [0.5, 0.6) is 0 Å². The van der Waals surface area contributed by atoms with Crippen LogP contribution in [-0.4, -0.2) is 30.0 Å². The van der Waals surface area contributed by atoms with Crippen molar-refractivity contribution in [3.63, 3.8) is 0 Å². The van der Waals surface area contributed by atoms with Gasteiger partial charge in [-0.1, -0.05) is 0 Å². The molecule has 1 aromatic rings. The van der Waals surface area contributed by atoms with E-state index in [0.717, 1.165) is 30.9 Å². The fourth-order valence-corrected chi connectivity index (χ4v) is 2.66. The zero-order valence-corrected chi connectivity index (χ0v) is 11.6. The third-order valence-electron chi connectivity index (χ3n) is 3.55. The molecular formula is C14H22N4O. The molecule has 19 heavy (non-hydrogen) atoms. The van der Waals surface area contributed by atoms with E-state index < -0.39 is 5.91 Å². The van der Waals surface area contributed by atoms with E-state index in [1.165, 1.54) is 12.8 Å². The number of nitrogens with one attached hydrogen (secondary N) is 2. The van der Waals surface area contributed by atoms with E-state index >= 15 is 0 Å². The molecule has 1 unspecified atom stereocenters. The second-order valence-corrected chi connectivity index (χ2v) is 5.14. The highest BCUT2D eigenvalue weighted by Gasteiger charge is 2.16. The summed E-state index contributed by atoms with van der Waals surface area (Å²) in [6.45, 7) is 5.68. The zero-order chi connectivity index (χ0) is 13.8. The second kappa shape index (κ2) is 6.02. The van der Waals surface area contributed by atoms with Crippen LogP contribution in [0.2, 0.25) is 0 Å². The first-order chi connectivity index (χ1) is 9.08. The topological polar surface area (TPSA) is 80.0 Å². The number of primary amides is 1. The fourth-order valence-electron chi connectivity index (χ4n) is 2.66. The number of aromatic nitrogens is 1. The van der Waals surface area contributed by atoms with Gasteiger partial charge in [-0.05, 0) is 45.7 Å². The molecule has 1 saturated heterocycles. The van der Waals surface area contributed by atoms with Crippen LogP contribution in [-0.2, 0) is 0 Å². The molecule has 0 bridgehead atoms. The molecule has 0 aromatic carbocycles. The van der Waals surface area contributed by atoms with Crippen LogP contribution in [0.25, 0.3) is 0 Å². The lowest BCUT2D eigenvalue weighted by Crippen LogP contribution is -2.25. The Hall–Kier alpha value is -1.62. The quantitative estimate of drug-likeness (QED) is 0.748. The summed E-state index contributed by atoms with van der Waals surface area (Å²) in [5.74, 6) is -0.425. The van der Waals surface area contributed by atoms with E-state index in [-0.39, 0.29) is 0 Å². The second-order valence-electron chi connectivity index (χ2n) is 5.14. The number of nitrogens with zero attached hydrogens (tertiary/aromatic N) is 1. The number of aryl methyl sites for hydroxylation is 2. The van der Waals surface area contributed by atoms with Crippen molar-refractivity contribution in [3.8, 4) is 0 Å². The maximum atomic E-state index is 11.5. The van der Waals surface area contributed by atoms with Crippen molar-refractivity contribution in [2.75, 3.05) is 18.4 Å². The largest absolute Gasteiger partial charge is 0.384 e. The number of pyridine rings is 1. The van der Waals surface area contributed by atoms with Gasteiger partial charge in [-0.15, -0.1) is 0 Å². The molecule has 0 spiro atoms. The average molecular weight is 262 g/mol. The number of rotatable bonds is 5. The Morgan fingerprint density at radius 1 is 1.58 bits per heavy atom. The molecule has 1 atom stereocenters. The molecule has 4 N–H and O–H groups in total. The summed E-state index contributed by atoms with van der Waals surface area (Å²) in [5, 5.41) is 6.78. The van der Waals surface area contributed by atoms with Gasteiger partial charge >= 0.3 is 0 Å². The van der Waals surface area contributed by atoms with Gasteiger partial charge in [0.1, 0.15) is 0 Å². The van der Waals surface area contributed by atoms with Crippen LogP contribution >= 0.6 is 0 Å². The van der Waals surface area contributed by atoms with Crippen molar-refractivity contribution in [1.29, 1.82) is 0 Å². The highest BCUT2D eigenvalue weighted by molar-refractivity contribution is 5.99. The number of carbonyl (C=O) groups is 1. The van der Waals surface area contributed by atoms with Gasteiger partial charge in [0.25, 0.3) is 5.91 Å². The first-order valence-corrected chi connectivity index (χ1v) is 6.83. The number of anilines is 1. The smallest absolute Gasteiger partial charge is 0.252 e. The van der Waals surface area contributed by atoms with E-state index in [4.69, 9.17) is 5.73 Å². The Balaban J connectivity index is 2.03. The van der Waals surface area contributed by atoms with Crippen molar-refractivity contribution in [2.24, 2.45) is 5.73 Å². The minimum atomic E-state index is -0.425. The lowest BCUT2D eigenvalue weighted by Gasteiger charge is -2.15. The molecular weight excluding hydrogens is 240 g/mol. The van der Waals surface area contributed by atoms with Crippen molar-refractivity contribution in [1.82, 2.24) is 10.3 Å². The number of amides is 1. The Morgan fingerprint density at radius 3 is 3.00 bits per heavy atom. The maximum Gasteiger partial charge on any atom is 0.252 e. The normalized spacial score (nSPS) is 18.5. The van der Waals surface area contributed by atoms with Crippen LogP contribution in [0.4, 0.5) is 5.69 Å². The molecule has 1 aliphatic heterocycles. The van der Waals surface area contributed by atoms with Crippen LogP contribution in [0.1, 0.15) is 41.0 Å². The molecule has 0 radical (unpaired) electrons. The lowest BCUT2D eigenvalue weighted by atomic mass is 10.1. The number of nitrogens with two attached hydrogens (primary N) is 1. The van der Waals surface area contributed by atoms with Gasteiger partial charge in [0.2, 0.25) is 0 Å². The summed E-state index contributed by atoms with van der Waals surface area (Å²) >= 11 is 0. The Bertz CT molecular complexity index is 467. The molecule has 1 fully saturated rings. The molecule has 0 aliphatic carbocycles. The van der Waals surface area contributed by atoms with Crippen molar-refractivity contribution in [3.05, 3.63) is 23.0 Å². The summed E-state index contributed by atoms with van der Waals surface area (Å²) in [4.78, 5) is 15.8. The average Bonchev–Trinajstić information content (AvgIpc) is 2.80. The van der Waals surface area contributed by atoms with Gasteiger partial charge in [-0.25, -0.2) is 0 Å². The Kier molecular flexibility index (Phi) is 4.37. The van der Waals surface area contributed by atoms with E-state index in [9.17, 15) is 4.79 Å². The van der Waals surface area contributed by atoms with Crippen molar-refractivity contribution < 1.29 is 4.79 Å². The standard InChI is InChI=1S/C14H22N4O/c1-9-8-12(13(14(15)19)10(2)18-9)17-7-5-11-4-3-6-16-11/h8,11,16H,3-7H2,1-2H3,(H2,15,19)(H,17,18). The van der Waals surface area contributed by atoms with Crippen molar-refractivity contribution in [2.45, 2.75) is 39.2 Å². The predicted octanol–water partition coefficient (Wildman–Crippen LogP) is 1.35. The van der Waals surface area contributed by atoms with E-state index in [1.54, 1.807) is 0 Å². The molecule has 2 heterocycles. The third kappa shape index (κ3) is 3.44. The van der Waals surface area contributed by atoms with Gasteiger partial charge in [-0.2, -0.15) is 0 Å². The first kappa shape index (κ1) is 13.8. The molecule has 1 aliphatic rings. The van der Waals surface area contributed by atoms with Gasteiger partial charge in [0, 0.05) is 18.3 Å². The first-order valence-electron chi connectivity index (χ1n) is 6.83. The Labute approximate surface area is 114 Å².